The molecular formula is C22H27ClN2O6. The van der Waals surface area contributed by atoms with E-state index < -0.39 is 11.1 Å². The minimum Gasteiger partial charge on any atom is -0.450 e. The van der Waals surface area contributed by atoms with Gasteiger partial charge in [-0.3, -0.25) is 14.9 Å². The van der Waals surface area contributed by atoms with E-state index in [4.69, 9.17) is 5.11 Å². The van der Waals surface area contributed by atoms with Gasteiger partial charge in [0.05, 0.1) is 11.5 Å². The molecule has 168 valence electrons. The Labute approximate surface area is 187 Å². The molecule has 1 aliphatic rings. The normalized spacial score (nSPS) is 13.2. The van der Waals surface area contributed by atoms with Gasteiger partial charge in [-0.15, -0.1) is 12.4 Å². The van der Waals surface area contributed by atoms with E-state index in [0.717, 1.165) is 26.1 Å². The Bertz CT molecular complexity index is 824. The summed E-state index contributed by atoms with van der Waals surface area (Å²) in [6, 6.07) is 14.4. The molecule has 0 saturated carbocycles. The second-order valence-corrected chi connectivity index (χ2v) is 6.87. The minimum absolute atomic E-state index is 0. The van der Waals surface area contributed by atoms with E-state index in [-0.39, 0.29) is 23.9 Å². The number of ether oxygens (including phenoxy) is 1. The van der Waals surface area contributed by atoms with Gasteiger partial charge in [0.25, 0.3) is 5.69 Å². The Morgan fingerprint density at radius 3 is 2.10 bits per heavy atom. The lowest BCUT2D eigenvalue weighted by molar-refractivity contribution is -0.384. The molecule has 1 heterocycles. The number of carboxylic acid groups (broad SMARTS) is 1. The third-order valence-corrected chi connectivity index (χ3v) is 4.67. The summed E-state index contributed by atoms with van der Waals surface area (Å²) in [5, 5.41) is 18.7. The van der Waals surface area contributed by atoms with Gasteiger partial charge in [0.2, 0.25) is 0 Å². The molecule has 31 heavy (non-hydrogen) atoms. The number of halogens is 1. The zero-order chi connectivity index (χ0) is 21.8. The van der Waals surface area contributed by atoms with Crippen molar-refractivity contribution in [2.75, 3.05) is 26.2 Å². The second kappa shape index (κ2) is 14.1. The third-order valence-electron chi connectivity index (χ3n) is 4.67. The number of carbonyl (C=O) groups is 2. The number of nitro benzene ring substituents is 1. The van der Waals surface area contributed by atoms with Crippen LogP contribution in [0.1, 0.15) is 41.6 Å². The first-order valence-electron chi connectivity index (χ1n) is 9.89. The van der Waals surface area contributed by atoms with Gasteiger partial charge >= 0.3 is 6.16 Å². The lowest BCUT2D eigenvalue weighted by atomic mass is 10.0. The largest absolute Gasteiger partial charge is 0.505 e. The minimum atomic E-state index is -1.17. The van der Waals surface area contributed by atoms with Crippen LogP contribution in [0.5, 0.6) is 0 Å². The summed E-state index contributed by atoms with van der Waals surface area (Å²) in [7, 11) is 0. The zero-order valence-corrected chi connectivity index (χ0v) is 18.0. The summed E-state index contributed by atoms with van der Waals surface area (Å²) in [5.74, 6) is -0.138. The SMILES string of the molecule is Cl.O=C(O)OCCCN1CCCCC1.O=C(c1ccccc1)c1ccc([N+](=O)[O-])cc1. The van der Waals surface area contributed by atoms with Crippen molar-refractivity contribution in [3.05, 3.63) is 75.8 Å². The summed E-state index contributed by atoms with van der Waals surface area (Å²) in [4.78, 5) is 34.3. The van der Waals surface area contributed by atoms with Crippen molar-refractivity contribution in [2.24, 2.45) is 0 Å². The number of nitrogens with zero attached hydrogens (tertiary/aromatic N) is 2. The number of carbonyl (C=O) groups excluding carboxylic acids is 1. The van der Waals surface area contributed by atoms with E-state index in [9.17, 15) is 19.7 Å². The summed E-state index contributed by atoms with van der Waals surface area (Å²) >= 11 is 0. The number of rotatable bonds is 7. The molecule has 0 spiro atoms. The van der Waals surface area contributed by atoms with Gasteiger partial charge in [0, 0.05) is 29.8 Å². The quantitative estimate of drug-likeness (QED) is 0.212. The van der Waals surface area contributed by atoms with Crippen LogP contribution < -0.4 is 0 Å². The predicted octanol–water partition coefficient (Wildman–Crippen LogP) is 4.80. The summed E-state index contributed by atoms with van der Waals surface area (Å²) in [6.07, 6.45) is 3.53. The van der Waals surface area contributed by atoms with Gasteiger partial charge in [-0.25, -0.2) is 4.79 Å². The highest BCUT2D eigenvalue weighted by molar-refractivity contribution is 6.09. The number of nitro groups is 1. The summed E-state index contributed by atoms with van der Waals surface area (Å²) in [5.41, 5.74) is 0.998. The molecule has 1 aliphatic heterocycles. The van der Waals surface area contributed by atoms with Crippen LogP contribution in [0.3, 0.4) is 0 Å². The average Bonchev–Trinajstić information content (AvgIpc) is 2.78. The molecule has 0 atom stereocenters. The van der Waals surface area contributed by atoms with E-state index in [2.05, 4.69) is 9.64 Å². The Morgan fingerprint density at radius 2 is 1.55 bits per heavy atom. The molecule has 1 fully saturated rings. The van der Waals surface area contributed by atoms with Crippen molar-refractivity contribution in [1.29, 1.82) is 0 Å². The summed E-state index contributed by atoms with van der Waals surface area (Å²) < 4.78 is 4.42. The molecule has 0 aromatic heterocycles. The van der Waals surface area contributed by atoms with Crippen LogP contribution >= 0.6 is 12.4 Å². The number of benzene rings is 2. The highest BCUT2D eigenvalue weighted by Crippen LogP contribution is 2.15. The fraction of sp³-hybridized carbons (Fsp3) is 0.364. The summed E-state index contributed by atoms with van der Waals surface area (Å²) in [6.45, 7) is 3.61. The number of hydrogen-bond donors (Lipinski definition) is 1. The molecule has 0 aliphatic carbocycles. The number of likely N-dealkylation sites (tertiary alicyclic amines) is 1. The van der Waals surface area contributed by atoms with Crippen molar-refractivity contribution in [1.82, 2.24) is 4.90 Å². The van der Waals surface area contributed by atoms with Crippen LogP contribution in [0.15, 0.2) is 54.6 Å². The Balaban J connectivity index is 0.000000311. The Hall–Kier alpha value is -2.97. The Kier molecular flexibility index (Phi) is 11.9. The average molecular weight is 451 g/mol. The van der Waals surface area contributed by atoms with Crippen LogP contribution in [0.4, 0.5) is 10.5 Å². The molecule has 0 radical (unpaired) electrons. The van der Waals surface area contributed by atoms with Gasteiger partial charge in [-0.1, -0.05) is 36.8 Å². The van der Waals surface area contributed by atoms with Crippen molar-refractivity contribution < 1.29 is 24.4 Å². The van der Waals surface area contributed by atoms with Crippen molar-refractivity contribution in [3.8, 4) is 0 Å². The first-order chi connectivity index (χ1) is 14.5. The fourth-order valence-electron chi connectivity index (χ4n) is 3.12. The molecule has 1 saturated heterocycles. The van der Waals surface area contributed by atoms with Gasteiger partial charge in [-0.05, 0) is 44.5 Å². The molecule has 3 rings (SSSR count). The zero-order valence-electron chi connectivity index (χ0n) is 17.1. The Morgan fingerprint density at radius 1 is 0.968 bits per heavy atom. The van der Waals surface area contributed by atoms with E-state index in [1.807, 2.05) is 6.07 Å². The van der Waals surface area contributed by atoms with Crippen LogP contribution in [0.2, 0.25) is 0 Å². The highest BCUT2D eigenvalue weighted by Gasteiger charge is 2.11. The molecule has 1 N–H and O–H groups in total. The fourth-order valence-corrected chi connectivity index (χ4v) is 3.12. The van der Waals surface area contributed by atoms with Crippen LogP contribution in [0, 0.1) is 10.1 Å². The van der Waals surface area contributed by atoms with E-state index in [1.54, 1.807) is 24.3 Å². The smallest absolute Gasteiger partial charge is 0.450 e. The number of non-ortho nitro benzene ring substituents is 1. The number of ketones is 1. The van der Waals surface area contributed by atoms with Crippen LogP contribution in [0.25, 0.3) is 0 Å². The van der Waals surface area contributed by atoms with Crippen molar-refractivity contribution >= 4 is 30.0 Å². The molecule has 2 aromatic rings. The van der Waals surface area contributed by atoms with E-state index in [1.165, 1.54) is 43.5 Å². The maximum absolute atomic E-state index is 12.0. The monoisotopic (exact) mass is 450 g/mol. The van der Waals surface area contributed by atoms with Crippen LogP contribution in [-0.2, 0) is 4.74 Å². The molecule has 2 aromatic carbocycles. The van der Waals surface area contributed by atoms with Gasteiger partial charge in [-0.2, -0.15) is 0 Å². The maximum atomic E-state index is 12.0. The van der Waals surface area contributed by atoms with E-state index >= 15 is 0 Å². The molecule has 9 heteroatoms. The first kappa shape index (κ1) is 26.1. The maximum Gasteiger partial charge on any atom is 0.505 e. The first-order valence-corrected chi connectivity index (χ1v) is 9.89. The van der Waals surface area contributed by atoms with E-state index in [0.29, 0.717) is 17.7 Å². The molecular weight excluding hydrogens is 424 g/mol. The number of piperidine rings is 1. The molecule has 8 nitrogen and oxygen atoms in total. The second-order valence-electron chi connectivity index (χ2n) is 6.87. The van der Waals surface area contributed by atoms with Crippen LogP contribution in [-0.4, -0.2) is 53.1 Å². The lowest BCUT2D eigenvalue weighted by Crippen LogP contribution is -2.31. The van der Waals surface area contributed by atoms with Gasteiger partial charge < -0.3 is 14.7 Å². The lowest BCUT2D eigenvalue weighted by Gasteiger charge is -2.25. The standard InChI is InChI=1S/C13H9NO3.C9H17NO3.ClH/c15-13(10-4-2-1-3-5-10)11-6-8-12(9-7-11)14(16)17;11-9(12)13-8-4-7-10-5-2-1-3-6-10;/h1-9H;1-8H2,(H,11,12);1H. The predicted molar refractivity (Wildman–Crippen MR) is 119 cm³/mol. The third kappa shape index (κ3) is 9.59. The van der Waals surface area contributed by atoms with Gasteiger partial charge in [0.15, 0.2) is 5.78 Å². The van der Waals surface area contributed by atoms with Crippen molar-refractivity contribution in [3.63, 3.8) is 0 Å². The number of hydrogen-bond acceptors (Lipinski definition) is 6. The molecule has 0 unspecified atom stereocenters. The topological polar surface area (TPSA) is 110 Å². The molecule has 0 amide bonds. The van der Waals surface area contributed by atoms with Crippen molar-refractivity contribution in [2.45, 2.75) is 25.7 Å². The molecule has 0 bridgehead atoms. The highest BCUT2D eigenvalue weighted by atomic mass is 35.5. The van der Waals surface area contributed by atoms with Gasteiger partial charge in [0.1, 0.15) is 0 Å².